The first kappa shape index (κ1) is 19.0. The summed E-state index contributed by atoms with van der Waals surface area (Å²) in [5.74, 6) is 0.941. The minimum absolute atomic E-state index is 0.0871. The number of aromatic nitrogens is 2. The van der Waals surface area contributed by atoms with E-state index in [0.717, 1.165) is 0 Å². The number of methoxy groups -OCH3 is 1. The van der Waals surface area contributed by atoms with Crippen molar-refractivity contribution >= 4 is 10.0 Å². The van der Waals surface area contributed by atoms with Gasteiger partial charge in [-0.3, -0.25) is 0 Å². The van der Waals surface area contributed by atoms with Crippen LogP contribution in [0, 0.1) is 0 Å². The van der Waals surface area contributed by atoms with Crippen LogP contribution >= 0.6 is 0 Å². The molecule has 128 valence electrons. The molecule has 0 aromatic carbocycles. The first-order chi connectivity index (χ1) is 10.2. The van der Waals surface area contributed by atoms with E-state index in [2.05, 4.69) is 14.9 Å². The molecule has 1 aromatic heterocycles. The van der Waals surface area contributed by atoms with Crippen molar-refractivity contribution in [3.05, 3.63) is 11.7 Å². The lowest BCUT2D eigenvalue weighted by Crippen LogP contribution is -2.30. The van der Waals surface area contributed by atoms with Crippen molar-refractivity contribution in [2.75, 3.05) is 39.2 Å². The molecule has 0 spiro atoms. The fraction of sp³-hybridized carbons (Fsp3) is 0.846. The smallest absolute Gasteiger partial charge is 0.232 e. The molecule has 22 heavy (non-hydrogen) atoms. The van der Waals surface area contributed by atoms with Crippen molar-refractivity contribution in [1.29, 1.82) is 0 Å². The molecular weight excluding hydrogens is 310 g/mol. The molecule has 0 radical (unpaired) electrons. The number of rotatable bonds is 10. The largest absolute Gasteiger partial charge is 0.382 e. The van der Waals surface area contributed by atoms with Crippen LogP contribution in [-0.4, -0.2) is 57.8 Å². The van der Waals surface area contributed by atoms with Gasteiger partial charge in [-0.2, -0.15) is 4.98 Å². The van der Waals surface area contributed by atoms with Gasteiger partial charge in [0.15, 0.2) is 5.82 Å². The summed E-state index contributed by atoms with van der Waals surface area (Å²) in [5.41, 5.74) is -0.218. The number of ether oxygens (including phenoxy) is 2. The molecule has 0 bridgehead atoms. The summed E-state index contributed by atoms with van der Waals surface area (Å²) in [5, 5.41) is 3.84. The standard InChI is InChI=1S/C13H25N3O5S/c1-13(2,3)12-15-11(16-21-12)5-6-14-22(17,18)10-9-20-8-7-19-4/h14H,5-10H2,1-4H3. The Balaban J connectivity index is 2.29. The van der Waals surface area contributed by atoms with Crippen LogP contribution in [0.15, 0.2) is 4.52 Å². The van der Waals surface area contributed by atoms with Crippen LogP contribution in [0.25, 0.3) is 0 Å². The molecule has 8 nitrogen and oxygen atoms in total. The van der Waals surface area contributed by atoms with Gasteiger partial charge in [-0.1, -0.05) is 25.9 Å². The van der Waals surface area contributed by atoms with E-state index >= 15 is 0 Å². The van der Waals surface area contributed by atoms with Crippen molar-refractivity contribution in [1.82, 2.24) is 14.9 Å². The van der Waals surface area contributed by atoms with E-state index in [0.29, 0.717) is 31.3 Å². The van der Waals surface area contributed by atoms with Crippen molar-refractivity contribution in [2.24, 2.45) is 0 Å². The van der Waals surface area contributed by atoms with Gasteiger partial charge in [-0.25, -0.2) is 13.1 Å². The summed E-state index contributed by atoms with van der Waals surface area (Å²) >= 11 is 0. The van der Waals surface area contributed by atoms with Gasteiger partial charge in [0, 0.05) is 25.5 Å². The second-order valence-corrected chi connectivity index (χ2v) is 7.76. The number of nitrogens with one attached hydrogen (secondary N) is 1. The van der Waals surface area contributed by atoms with Crippen LogP contribution in [-0.2, 0) is 31.3 Å². The van der Waals surface area contributed by atoms with E-state index in [9.17, 15) is 8.42 Å². The van der Waals surface area contributed by atoms with Gasteiger partial charge in [-0.15, -0.1) is 0 Å². The van der Waals surface area contributed by atoms with Crippen LogP contribution in [0.3, 0.4) is 0 Å². The van der Waals surface area contributed by atoms with E-state index in [4.69, 9.17) is 14.0 Å². The summed E-state index contributed by atoms with van der Waals surface area (Å²) in [7, 11) is -1.80. The van der Waals surface area contributed by atoms with Crippen molar-refractivity contribution in [3.8, 4) is 0 Å². The molecule has 0 aliphatic heterocycles. The third kappa shape index (κ3) is 7.30. The average Bonchev–Trinajstić information content (AvgIpc) is 2.87. The van der Waals surface area contributed by atoms with Gasteiger partial charge in [0.05, 0.1) is 25.6 Å². The Hall–Kier alpha value is -1.03. The normalized spacial score (nSPS) is 12.7. The van der Waals surface area contributed by atoms with Crippen LogP contribution < -0.4 is 4.72 Å². The predicted octanol–water partition coefficient (Wildman–Crippen LogP) is 0.492. The minimum atomic E-state index is -3.36. The lowest BCUT2D eigenvalue weighted by atomic mass is 9.97. The second-order valence-electron chi connectivity index (χ2n) is 5.83. The van der Waals surface area contributed by atoms with E-state index < -0.39 is 10.0 Å². The molecule has 1 N–H and O–H groups in total. The lowest BCUT2D eigenvalue weighted by Gasteiger charge is -2.10. The predicted molar refractivity (Wildman–Crippen MR) is 81.2 cm³/mol. The maximum absolute atomic E-state index is 11.7. The fourth-order valence-electron chi connectivity index (χ4n) is 1.46. The van der Waals surface area contributed by atoms with Crippen molar-refractivity contribution < 1.29 is 22.4 Å². The summed E-state index contributed by atoms with van der Waals surface area (Å²) < 4.78 is 41.0. The fourth-order valence-corrected chi connectivity index (χ4v) is 2.36. The Morgan fingerprint density at radius 2 is 1.95 bits per heavy atom. The molecule has 0 fully saturated rings. The quantitative estimate of drug-likeness (QED) is 0.621. The highest BCUT2D eigenvalue weighted by Crippen LogP contribution is 2.19. The monoisotopic (exact) mass is 335 g/mol. The third-order valence-electron chi connectivity index (χ3n) is 2.71. The zero-order valence-electron chi connectivity index (χ0n) is 13.6. The minimum Gasteiger partial charge on any atom is -0.382 e. The van der Waals surface area contributed by atoms with Crippen LogP contribution in [0.1, 0.15) is 32.5 Å². The van der Waals surface area contributed by atoms with Gasteiger partial charge >= 0.3 is 0 Å². The maximum Gasteiger partial charge on any atom is 0.232 e. The van der Waals surface area contributed by atoms with E-state index in [1.165, 1.54) is 0 Å². The molecule has 0 saturated heterocycles. The van der Waals surface area contributed by atoms with Crippen molar-refractivity contribution in [2.45, 2.75) is 32.6 Å². The number of hydrogen-bond acceptors (Lipinski definition) is 7. The molecule has 0 saturated carbocycles. The SMILES string of the molecule is COCCOCCS(=O)(=O)NCCc1noc(C(C)(C)C)n1. The first-order valence-electron chi connectivity index (χ1n) is 7.12. The molecular formula is C13H25N3O5S. The summed E-state index contributed by atoms with van der Waals surface area (Å²) in [6.07, 6.45) is 0.378. The van der Waals surface area contributed by atoms with Crippen LogP contribution in [0.5, 0.6) is 0 Å². The Morgan fingerprint density at radius 1 is 1.23 bits per heavy atom. The summed E-state index contributed by atoms with van der Waals surface area (Å²) in [6, 6.07) is 0. The molecule has 0 unspecified atom stereocenters. The summed E-state index contributed by atoms with van der Waals surface area (Å²) in [6.45, 7) is 7.09. The highest BCUT2D eigenvalue weighted by molar-refractivity contribution is 7.89. The third-order valence-corrected chi connectivity index (χ3v) is 4.06. The molecule has 1 aromatic rings. The highest BCUT2D eigenvalue weighted by atomic mass is 32.2. The van der Waals surface area contributed by atoms with Gasteiger partial charge in [0.2, 0.25) is 15.9 Å². The topological polar surface area (TPSA) is 104 Å². The van der Waals surface area contributed by atoms with E-state index in [1.807, 2.05) is 20.8 Å². The number of hydrogen-bond donors (Lipinski definition) is 1. The number of sulfonamides is 1. The Bertz CT molecular complexity index is 536. The zero-order chi connectivity index (χ0) is 16.6. The molecule has 9 heteroatoms. The average molecular weight is 335 g/mol. The van der Waals surface area contributed by atoms with Gasteiger partial charge in [0.25, 0.3) is 0 Å². The first-order valence-corrected chi connectivity index (χ1v) is 8.77. The van der Waals surface area contributed by atoms with E-state index in [1.54, 1.807) is 7.11 Å². The molecule has 0 aliphatic carbocycles. The second kappa shape index (κ2) is 8.56. The molecule has 1 heterocycles. The maximum atomic E-state index is 11.7. The molecule has 0 atom stereocenters. The molecule has 0 aliphatic rings. The summed E-state index contributed by atoms with van der Waals surface area (Å²) in [4.78, 5) is 4.25. The molecule has 0 amide bonds. The van der Waals surface area contributed by atoms with Crippen molar-refractivity contribution in [3.63, 3.8) is 0 Å². The van der Waals surface area contributed by atoms with Gasteiger partial charge in [-0.05, 0) is 0 Å². The zero-order valence-corrected chi connectivity index (χ0v) is 14.4. The Labute approximate surface area is 131 Å². The van der Waals surface area contributed by atoms with E-state index in [-0.39, 0.29) is 24.3 Å². The van der Waals surface area contributed by atoms with Crippen LogP contribution in [0.4, 0.5) is 0 Å². The Kier molecular flexibility index (Phi) is 7.40. The number of nitrogens with zero attached hydrogens (tertiary/aromatic N) is 2. The molecule has 1 rings (SSSR count). The lowest BCUT2D eigenvalue weighted by molar-refractivity contribution is 0.0784. The van der Waals surface area contributed by atoms with Gasteiger partial charge < -0.3 is 14.0 Å². The Morgan fingerprint density at radius 3 is 2.55 bits per heavy atom. The highest BCUT2D eigenvalue weighted by Gasteiger charge is 2.21. The van der Waals surface area contributed by atoms with Gasteiger partial charge in [0.1, 0.15) is 0 Å². The van der Waals surface area contributed by atoms with Crippen LogP contribution in [0.2, 0.25) is 0 Å².